The van der Waals surface area contributed by atoms with E-state index >= 15 is 4.57 Å². The Bertz CT molecular complexity index is 848. The third-order valence-corrected chi connectivity index (χ3v) is 15.7. The van der Waals surface area contributed by atoms with E-state index in [1.165, 1.54) is 113 Å². The number of thioether (sulfide) groups is 2. The molecule has 0 amide bonds. The molecule has 1 N–H and O–H groups in total. The molecule has 0 radical (unpaired) electrons. The Hall–Kier alpha value is 0.0300. The Kier molecular flexibility index (Phi) is 8.79. The summed E-state index contributed by atoms with van der Waals surface area (Å²) < 4.78 is 21.7. The van der Waals surface area contributed by atoms with Crippen LogP contribution in [-0.2, 0) is 4.57 Å². The highest BCUT2D eigenvalue weighted by molar-refractivity contribution is 8.17. The molecule has 4 nitrogen and oxygen atoms in total. The average Bonchev–Trinajstić information content (AvgIpc) is 3.21. The molecule has 2 heterocycles. The number of rotatable bonds is 6. The maximum absolute atomic E-state index is 16.0. The van der Waals surface area contributed by atoms with Gasteiger partial charge in [-0.15, -0.1) is 23.5 Å². The fraction of sp³-hybridized carbons (Fsp3) is 0.793. The molecule has 0 aromatic heterocycles. The molecule has 36 heavy (non-hydrogen) atoms. The van der Waals surface area contributed by atoms with Gasteiger partial charge in [-0.3, -0.25) is 4.57 Å². The van der Waals surface area contributed by atoms with Crippen LogP contribution in [0.3, 0.4) is 0 Å². The van der Waals surface area contributed by atoms with Gasteiger partial charge in [0.15, 0.2) is 0 Å². The maximum Gasteiger partial charge on any atom is 0.285 e. The van der Waals surface area contributed by atoms with Crippen molar-refractivity contribution in [3.8, 4) is 0 Å². The van der Waals surface area contributed by atoms with E-state index in [-0.39, 0.29) is 6.04 Å². The quantitative estimate of drug-likeness (QED) is 0.362. The van der Waals surface area contributed by atoms with Crippen LogP contribution in [0.5, 0.6) is 0 Å². The molecule has 0 unspecified atom stereocenters. The van der Waals surface area contributed by atoms with Gasteiger partial charge in [0.2, 0.25) is 0 Å². The largest absolute Gasteiger partial charge is 0.285 e. The normalized spacial score (nSPS) is 32.3. The summed E-state index contributed by atoms with van der Waals surface area (Å²) in [6.45, 7) is 0. The Labute approximate surface area is 228 Å². The van der Waals surface area contributed by atoms with Gasteiger partial charge in [0.05, 0.1) is 10.6 Å². The van der Waals surface area contributed by atoms with Crippen molar-refractivity contribution in [2.24, 2.45) is 0 Å². The number of hydrogen-bond acceptors (Lipinski definition) is 3. The first kappa shape index (κ1) is 26.3. The van der Waals surface area contributed by atoms with Gasteiger partial charge < -0.3 is 0 Å². The summed E-state index contributed by atoms with van der Waals surface area (Å²) in [6, 6.07) is 13.1. The number of benzene rings is 1. The number of hydrogen-bond donors (Lipinski definition) is 1. The van der Waals surface area contributed by atoms with Crippen LogP contribution in [0.15, 0.2) is 30.3 Å². The molecule has 7 heteroatoms. The summed E-state index contributed by atoms with van der Waals surface area (Å²) in [4.78, 5) is 0. The monoisotopic (exact) mass is 547 g/mol. The van der Waals surface area contributed by atoms with Crippen molar-refractivity contribution in [2.75, 3.05) is 11.5 Å². The second kappa shape index (κ2) is 12.0. The van der Waals surface area contributed by atoms with Gasteiger partial charge in [0, 0.05) is 24.2 Å². The van der Waals surface area contributed by atoms with E-state index in [1.54, 1.807) is 0 Å². The predicted octanol–water partition coefficient (Wildman–Crippen LogP) is 8.22. The number of nitrogens with one attached hydrogen (secondary N) is 1. The molecular weight excluding hydrogens is 501 g/mol. The molecule has 2 aliphatic heterocycles. The summed E-state index contributed by atoms with van der Waals surface area (Å²) in [5, 5.41) is 4.10. The van der Waals surface area contributed by atoms with Gasteiger partial charge >= 0.3 is 0 Å². The van der Waals surface area contributed by atoms with E-state index in [0.29, 0.717) is 28.7 Å². The molecule has 3 aliphatic carbocycles. The molecule has 0 spiro atoms. The summed E-state index contributed by atoms with van der Waals surface area (Å²) in [6.07, 6.45) is 19.2. The van der Waals surface area contributed by atoms with E-state index in [2.05, 4.69) is 68.3 Å². The van der Waals surface area contributed by atoms with Gasteiger partial charge in [-0.05, 0) is 62.0 Å². The van der Waals surface area contributed by atoms with Crippen LogP contribution >= 0.6 is 31.1 Å². The van der Waals surface area contributed by atoms with E-state index in [0.717, 1.165) is 0 Å². The average molecular weight is 548 g/mol. The minimum atomic E-state index is -2.93. The number of nitrogens with zero attached hydrogens (tertiary/aromatic N) is 2. The van der Waals surface area contributed by atoms with Crippen LogP contribution in [0, 0.1) is 0 Å². The van der Waals surface area contributed by atoms with E-state index in [1.807, 2.05) is 0 Å². The Morgan fingerprint density at radius 3 is 1.72 bits per heavy atom. The fourth-order valence-electron chi connectivity index (χ4n) is 7.87. The second-order valence-corrected chi connectivity index (χ2v) is 16.9. The first-order valence-corrected chi connectivity index (χ1v) is 18.7. The first-order valence-electron chi connectivity index (χ1n) is 15.0. The van der Waals surface area contributed by atoms with Crippen molar-refractivity contribution in [1.29, 1.82) is 0 Å². The van der Waals surface area contributed by atoms with E-state index in [9.17, 15) is 0 Å². The molecule has 5 fully saturated rings. The van der Waals surface area contributed by atoms with Crippen molar-refractivity contribution >= 4 is 31.1 Å². The highest BCUT2D eigenvalue weighted by Gasteiger charge is 2.60. The molecule has 5 aliphatic rings. The molecule has 6 rings (SSSR count). The minimum absolute atomic E-state index is 0.129. The third-order valence-electron chi connectivity index (χ3n) is 9.49. The molecule has 2 saturated heterocycles. The standard InChI is InChI=1S/C29H46N3OPS2/c33-34(30-28(23-13-4-1-5-14-23)29-35-21-12-22-36-29)31(24-15-6-2-7-16-24)26-19-10-11-20-27(26)32(34)25-17-8-3-9-18-25/h1,4-5,13-14,24-29H,2-3,6-12,15-22H2,(H,30,33)/t26-,27-,28-/m1/s1. The van der Waals surface area contributed by atoms with Gasteiger partial charge in [-0.25, -0.2) is 14.4 Å². The molecule has 3 atom stereocenters. The molecule has 1 aromatic rings. The third kappa shape index (κ3) is 5.26. The summed E-state index contributed by atoms with van der Waals surface area (Å²) in [5.41, 5.74) is 1.32. The van der Waals surface area contributed by atoms with Gasteiger partial charge in [0.25, 0.3) is 7.59 Å². The highest BCUT2D eigenvalue weighted by atomic mass is 32.2. The second-order valence-electron chi connectivity index (χ2n) is 11.8. The van der Waals surface area contributed by atoms with Crippen molar-refractivity contribution < 1.29 is 4.57 Å². The Balaban J connectivity index is 1.41. The van der Waals surface area contributed by atoms with Crippen LogP contribution in [0.4, 0.5) is 0 Å². The molecule has 1 aromatic carbocycles. The Morgan fingerprint density at radius 2 is 1.19 bits per heavy atom. The summed E-state index contributed by atoms with van der Waals surface area (Å²) in [5.74, 6) is 2.44. The summed E-state index contributed by atoms with van der Waals surface area (Å²) in [7, 11) is -2.93. The van der Waals surface area contributed by atoms with Crippen molar-refractivity contribution in [3.05, 3.63) is 35.9 Å². The first-order chi connectivity index (χ1) is 17.8. The molecule has 3 saturated carbocycles. The zero-order valence-electron chi connectivity index (χ0n) is 21.9. The fourth-order valence-corrected chi connectivity index (χ4v) is 15.0. The van der Waals surface area contributed by atoms with Gasteiger partial charge in [-0.1, -0.05) is 81.7 Å². The van der Waals surface area contributed by atoms with Crippen LogP contribution in [0.2, 0.25) is 0 Å². The van der Waals surface area contributed by atoms with Gasteiger partial charge in [-0.2, -0.15) is 0 Å². The van der Waals surface area contributed by atoms with Crippen LogP contribution in [0.1, 0.15) is 108 Å². The van der Waals surface area contributed by atoms with E-state index < -0.39 is 7.59 Å². The lowest BCUT2D eigenvalue weighted by atomic mass is 9.86. The van der Waals surface area contributed by atoms with Crippen molar-refractivity contribution in [1.82, 2.24) is 14.4 Å². The van der Waals surface area contributed by atoms with Gasteiger partial charge in [0.1, 0.15) is 0 Å². The highest BCUT2D eigenvalue weighted by Crippen LogP contribution is 2.66. The topological polar surface area (TPSA) is 35.6 Å². The maximum atomic E-state index is 16.0. The zero-order valence-corrected chi connectivity index (χ0v) is 24.5. The lowest BCUT2D eigenvalue weighted by Crippen LogP contribution is -2.45. The van der Waals surface area contributed by atoms with E-state index in [4.69, 9.17) is 0 Å². The Morgan fingerprint density at radius 1 is 0.694 bits per heavy atom. The lowest BCUT2D eigenvalue weighted by molar-refractivity contribution is 0.133. The SMILES string of the molecule is O=P1(N[C@H](c2ccccc2)C2SCCCS2)N(C2CCCCC2)[C@@H]2CCCC[C@H]2N1C1CCCCC1. The molecule has 0 bridgehead atoms. The number of fused-ring (bicyclic) bond motifs is 1. The summed E-state index contributed by atoms with van der Waals surface area (Å²) >= 11 is 4.18. The predicted molar refractivity (Wildman–Crippen MR) is 157 cm³/mol. The zero-order chi connectivity index (χ0) is 24.4. The van der Waals surface area contributed by atoms with Crippen LogP contribution < -0.4 is 5.09 Å². The van der Waals surface area contributed by atoms with Crippen LogP contribution in [0.25, 0.3) is 0 Å². The molecule has 200 valence electrons. The van der Waals surface area contributed by atoms with Crippen molar-refractivity contribution in [3.63, 3.8) is 0 Å². The minimum Gasteiger partial charge on any atom is -0.270 e. The molecular formula is C29H46N3OPS2. The van der Waals surface area contributed by atoms with Crippen molar-refractivity contribution in [2.45, 2.75) is 131 Å². The van der Waals surface area contributed by atoms with Crippen LogP contribution in [-0.4, -0.2) is 49.6 Å². The lowest BCUT2D eigenvalue weighted by Gasteiger charge is -2.44. The smallest absolute Gasteiger partial charge is 0.270 e.